The number of benzene rings is 2. The van der Waals surface area contributed by atoms with Gasteiger partial charge in [-0.1, -0.05) is 23.8 Å². The molecule has 2 aromatic rings. The molecule has 0 bridgehead atoms. The highest BCUT2D eigenvalue weighted by Gasteiger charge is 2.17. The first kappa shape index (κ1) is 18.9. The summed E-state index contributed by atoms with van der Waals surface area (Å²) in [6, 6.07) is 6.26. The van der Waals surface area contributed by atoms with Crippen molar-refractivity contribution in [1.82, 2.24) is 0 Å². The molecule has 1 N–H and O–H groups in total. The summed E-state index contributed by atoms with van der Waals surface area (Å²) >= 11 is 7.83. The zero-order valence-corrected chi connectivity index (χ0v) is 15.1. The Morgan fingerprint density at radius 2 is 1.85 bits per heavy atom. The summed E-state index contributed by atoms with van der Waals surface area (Å²) < 4.78 is 39.6. The van der Waals surface area contributed by atoms with Crippen LogP contribution in [0.3, 0.4) is 0 Å². The highest BCUT2D eigenvalue weighted by Crippen LogP contribution is 2.36. The Balaban J connectivity index is 1.77. The minimum absolute atomic E-state index is 0.159. The molecule has 1 amide bonds. The summed E-state index contributed by atoms with van der Waals surface area (Å²) in [6.07, 6.45) is 7.25. The number of allylic oxidation sites excluding steroid dienone is 2. The van der Waals surface area contributed by atoms with Crippen LogP contribution in [0.4, 0.5) is 18.9 Å². The number of hydrogen-bond donors (Lipinski definition) is 1. The largest absolute Gasteiger partial charge is 0.322 e. The molecule has 26 heavy (non-hydrogen) atoms. The van der Waals surface area contributed by atoms with E-state index in [9.17, 15) is 18.0 Å². The number of carbonyl (C=O) groups is 1. The molecule has 1 atom stereocenters. The monoisotopic (exact) mass is 397 g/mol. The zero-order valence-electron chi connectivity index (χ0n) is 13.6. The lowest BCUT2D eigenvalue weighted by Crippen LogP contribution is -2.13. The van der Waals surface area contributed by atoms with Crippen molar-refractivity contribution in [3.63, 3.8) is 0 Å². The van der Waals surface area contributed by atoms with Crippen LogP contribution in [0.5, 0.6) is 0 Å². The molecule has 2 aromatic carbocycles. The van der Waals surface area contributed by atoms with E-state index in [4.69, 9.17) is 11.6 Å². The maximum absolute atomic E-state index is 13.3. The summed E-state index contributed by atoms with van der Waals surface area (Å²) in [4.78, 5) is 13.1. The van der Waals surface area contributed by atoms with Crippen molar-refractivity contribution in [3.8, 4) is 0 Å². The van der Waals surface area contributed by atoms with Crippen molar-refractivity contribution >= 4 is 35.0 Å². The summed E-state index contributed by atoms with van der Waals surface area (Å²) in [5, 5.41) is 3.30. The molecular formula is C19H15ClF3NOS. The SMILES string of the molecule is O=C(Nc1cc(F)c(F)c(F)c1)c1ccc(Cl)c(SC2CC=CCC2)c1. The van der Waals surface area contributed by atoms with Crippen LogP contribution >= 0.6 is 23.4 Å². The Labute approximate surface area is 158 Å². The first-order valence-electron chi connectivity index (χ1n) is 8.01. The van der Waals surface area contributed by atoms with E-state index in [2.05, 4.69) is 17.5 Å². The minimum Gasteiger partial charge on any atom is -0.322 e. The lowest BCUT2D eigenvalue weighted by atomic mass is 10.1. The van der Waals surface area contributed by atoms with E-state index < -0.39 is 23.4 Å². The first-order chi connectivity index (χ1) is 12.4. The Hall–Kier alpha value is -1.92. The number of amides is 1. The molecule has 0 saturated carbocycles. The van der Waals surface area contributed by atoms with Crippen molar-refractivity contribution in [2.24, 2.45) is 0 Å². The van der Waals surface area contributed by atoms with Crippen LogP contribution in [0.25, 0.3) is 0 Å². The van der Waals surface area contributed by atoms with Crippen molar-refractivity contribution in [1.29, 1.82) is 0 Å². The summed E-state index contributed by atoms with van der Waals surface area (Å²) in [7, 11) is 0. The molecule has 136 valence electrons. The number of nitrogens with one attached hydrogen (secondary N) is 1. The fourth-order valence-electron chi connectivity index (χ4n) is 2.62. The van der Waals surface area contributed by atoms with Crippen molar-refractivity contribution in [2.45, 2.75) is 29.4 Å². The van der Waals surface area contributed by atoms with Gasteiger partial charge in [0.05, 0.1) is 5.02 Å². The number of halogens is 4. The molecule has 1 unspecified atom stereocenters. The predicted molar refractivity (Wildman–Crippen MR) is 98.4 cm³/mol. The van der Waals surface area contributed by atoms with Gasteiger partial charge in [0.15, 0.2) is 17.5 Å². The molecule has 0 aromatic heterocycles. The van der Waals surface area contributed by atoms with Crippen LogP contribution in [-0.2, 0) is 0 Å². The maximum atomic E-state index is 13.3. The highest BCUT2D eigenvalue weighted by atomic mass is 35.5. The van der Waals surface area contributed by atoms with E-state index in [0.29, 0.717) is 15.8 Å². The Morgan fingerprint density at radius 1 is 1.12 bits per heavy atom. The highest BCUT2D eigenvalue weighted by molar-refractivity contribution is 8.00. The van der Waals surface area contributed by atoms with Gasteiger partial charge in [-0.3, -0.25) is 4.79 Å². The third-order valence-electron chi connectivity index (χ3n) is 3.95. The van der Waals surface area contributed by atoms with Gasteiger partial charge >= 0.3 is 0 Å². The lowest BCUT2D eigenvalue weighted by Gasteiger charge is -2.18. The normalized spacial score (nSPS) is 16.5. The summed E-state index contributed by atoms with van der Waals surface area (Å²) in [5.41, 5.74) is 0.140. The van der Waals surface area contributed by atoms with E-state index in [1.807, 2.05) is 0 Å². The Kier molecular flexibility index (Phi) is 5.94. The number of hydrogen-bond acceptors (Lipinski definition) is 2. The summed E-state index contributed by atoms with van der Waals surface area (Å²) in [6.45, 7) is 0. The second kappa shape index (κ2) is 8.18. The van der Waals surface area contributed by atoms with Gasteiger partial charge in [0.25, 0.3) is 5.91 Å². The van der Waals surface area contributed by atoms with Crippen molar-refractivity contribution in [3.05, 3.63) is 70.5 Å². The van der Waals surface area contributed by atoms with E-state index >= 15 is 0 Å². The molecule has 0 spiro atoms. The smallest absolute Gasteiger partial charge is 0.255 e. The van der Waals surface area contributed by atoms with Crippen LogP contribution in [0.2, 0.25) is 5.02 Å². The predicted octanol–water partition coefficient (Wildman–Crippen LogP) is 6.21. The molecule has 0 aliphatic heterocycles. The van der Waals surface area contributed by atoms with Gasteiger partial charge in [0.2, 0.25) is 0 Å². The van der Waals surface area contributed by atoms with Crippen LogP contribution in [0, 0.1) is 17.5 Å². The maximum Gasteiger partial charge on any atom is 0.255 e. The molecule has 2 nitrogen and oxygen atoms in total. The average molecular weight is 398 g/mol. The van der Waals surface area contributed by atoms with Crippen molar-refractivity contribution < 1.29 is 18.0 Å². The fourth-order valence-corrected chi connectivity index (χ4v) is 4.07. The molecule has 0 saturated heterocycles. The lowest BCUT2D eigenvalue weighted by molar-refractivity contribution is 0.102. The van der Waals surface area contributed by atoms with E-state index in [1.165, 1.54) is 6.07 Å². The number of rotatable bonds is 4. The van der Waals surface area contributed by atoms with Crippen LogP contribution in [-0.4, -0.2) is 11.2 Å². The first-order valence-corrected chi connectivity index (χ1v) is 9.27. The second-order valence-corrected chi connectivity index (χ2v) is 7.63. The van der Waals surface area contributed by atoms with E-state index in [-0.39, 0.29) is 5.69 Å². The molecular weight excluding hydrogens is 383 g/mol. The standard InChI is InChI=1S/C19H15ClF3NOS/c20-14-7-6-11(8-17(14)26-13-4-2-1-3-5-13)19(25)24-12-9-15(21)18(23)16(22)10-12/h1-2,6-10,13H,3-5H2,(H,24,25). The molecule has 1 aliphatic carbocycles. The van der Waals surface area contributed by atoms with Crippen LogP contribution in [0.15, 0.2) is 47.4 Å². The van der Waals surface area contributed by atoms with Crippen molar-refractivity contribution in [2.75, 3.05) is 5.32 Å². The van der Waals surface area contributed by atoms with E-state index in [1.54, 1.807) is 23.9 Å². The molecule has 7 heteroatoms. The van der Waals surface area contributed by atoms with Gasteiger partial charge in [-0.25, -0.2) is 13.2 Å². The average Bonchev–Trinajstić information content (AvgIpc) is 2.62. The Morgan fingerprint density at radius 3 is 2.50 bits per heavy atom. The van der Waals surface area contributed by atoms with Crippen LogP contribution in [0.1, 0.15) is 29.6 Å². The van der Waals surface area contributed by atoms with Gasteiger partial charge in [0, 0.05) is 33.5 Å². The number of carbonyl (C=O) groups excluding carboxylic acids is 1. The molecule has 0 fully saturated rings. The second-order valence-electron chi connectivity index (χ2n) is 5.88. The van der Waals surface area contributed by atoms with Gasteiger partial charge in [0.1, 0.15) is 0 Å². The van der Waals surface area contributed by atoms with Gasteiger partial charge in [-0.05, 0) is 37.5 Å². The Bertz CT molecular complexity index is 849. The van der Waals surface area contributed by atoms with Gasteiger partial charge < -0.3 is 5.32 Å². The zero-order chi connectivity index (χ0) is 18.7. The molecule has 0 radical (unpaired) electrons. The minimum atomic E-state index is -1.57. The number of thioether (sulfide) groups is 1. The third kappa shape index (κ3) is 4.43. The van der Waals surface area contributed by atoms with Gasteiger partial charge in [-0.15, -0.1) is 11.8 Å². The molecule has 3 rings (SSSR count). The quantitative estimate of drug-likeness (QED) is 0.490. The van der Waals surface area contributed by atoms with E-state index in [0.717, 1.165) is 36.3 Å². The topological polar surface area (TPSA) is 29.1 Å². The fraction of sp³-hybridized carbons (Fsp3) is 0.211. The third-order valence-corrected chi connectivity index (χ3v) is 5.74. The van der Waals surface area contributed by atoms with Gasteiger partial charge in [-0.2, -0.15) is 0 Å². The summed E-state index contributed by atoms with van der Waals surface area (Å²) in [5.74, 6) is -4.86. The van der Waals surface area contributed by atoms with Crippen LogP contribution < -0.4 is 5.32 Å². The number of anilines is 1. The molecule has 0 heterocycles. The molecule has 1 aliphatic rings.